The van der Waals surface area contributed by atoms with Crippen molar-refractivity contribution in [2.45, 2.75) is 52.0 Å². The van der Waals surface area contributed by atoms with Gasteiger partial charge in [0.2, 0.25) is 5.91 Å². The Balaban J connectivity index is 1.42. The summed E-state index contributed by atoms with van der Waals surface area (Å²) in [4.78, 5) is 38.2. The molecule has 32 heavy (non-hydrogen) atoms. The van der Waals surface area contributed by atoms with E-state index in [0.717, 1.165) is 37.1 Å². The molecule has 0 bridgehead atoms. The third-order valence-electron chi connectivity index (χ3n) is 5.43. The van der Waals surface area contributed by atoms with Crippen LogP contribution < -0.4 is 15.6 Å². The van der Waals surface area contributed by atoms with Crippen LogP contribution in [0.1, 0.15) is 71.7 Å². The maximum atomic E-state index is 12.3. The van der Waals surface area contributed by atoms with Crippen LogP contribution in [0.15, 0.2) is 48.5 Å². The van der Waals surface area contributed by atoms with E-state index in [1.165, 1.54) is 12.8 Å². The first-order valence-electron chi connectivity index (χ1n) is 11.3. The highest BCUT2D eigenvalue weighted by molar-refractivity contribution is 5.99. The van der Waals surface area contributed by atoms with E-state index >= 15 is 0 Å². The van der Waals surface area contributed by atoms with E-state index in [2.05, 4.69) is 17.8 Å². The maximum absolute atomic E-state index is 12.3. The van der Waals surface area contributed by atoms with Crippen LogP contribution in [0.5, 0.6) is 5.75 Å². The summed E-state index contributed by atoms with van der Waals surface area (Å²) < 4.78 is 5.68. The van der Waals surface area contributed by atoms with E-state index in [0.29, 0.717) is 30.7 Å². The van der Waals surface area contributed by atoms with Gasteiger partial charge < -0.3 is 9.64 Å². The van der Waals surface area contributed by atoms with E-state index in [9.17, 15) is 14.4 Å². The standard InChI is InChI=1S/C25H31N3O4/c1-2-3-4-5-17-32-22-14-12-21(13-15-22)25(31)27-26-24(30)20-10-8-19(9-11-20)18-28-16-6-7-23(28)29/h8-15H,2-7,16-18H2,1H3,(H,26,30)(H,27,31). The number of amides is 3. The predicted molar refractivity (Wildman–Crippen MR) is 122 cm³/mol. The second kappa shape index (κ2) is 11.9. The van der Waals surface area contributed by atoms with Gasteiger partial charge in [0.25, 0.3) is 11.8 Å². The number of hydrogen-bond acceptors (Lipinski definition) is 4. The zero-order valence-electron chi connectivity index (χ0n) is 18.6. The molecule has 0 aliphatic carbocycles. The molecule has 1 aliphatic rings. The topological polar surface area (TPSA) is 87.7 Å². The molecular weight excluding hydrogens is 406 g/mol. The summed E-state index contributed by atoms with van der Waals surface area (Å²) >= 11 is 0. The second-order valence-electron chi connectivity index (χ2n) is 7.96. The molecule has 3 rings (SSSR count). The molecular formula is C25H31N3O4. The second-order valence-corrected chi connectivity index (χ2v) is 7.96. The minimum atomic E-state index is -0.408. The highest BCUT2D eigenvalue weighted by Crippen LogP contribution is 2.15. The fourth-order valence-electron chi connectivity index (χ4n) is 3.53. The molecule has 2 aromatic carbocycles. The van der Waals surface area contributed by atoms with Crippen LogP contribution in [0, 0.1) is 0 Å². The van der Waals surface area contributed by atoms with Gasteiger partial charge in [-0.3, -0.25) is 25.2 Å². The van der Waals surface area contributed by atoms with Crippen LogP contribution in [-0.2, 0) is 11.3 Å². The highest BCUT2D eigenvalue weighted by atomic mass is 16.5. The van der Waals surface area contributed by atoms with Crippen LogP contribution in [0.2, 0.25) is 0 Å². The van der Waals surface area contributed by atoms with Crippen LogP contribution in [0.25, 0.3) is 0 Å². The molecule has 7 heteroatoms. The molecule has 1 heterocycles. The lowest BCUT2D eigenvalue weighted by Gasteiger charge is -2.15. The van der Waals surface area contributed by atoms with Gasteiger partial charge in [0.15, 0.2) is 0 Å². The number of nitrogens with one attached hydrogen (secondary N) is 2. The molecule has 3 amide bonds. The van der Waals surface area contributed by atoms with Gasteiger partial charge in [-0.05, 0) is 54.8 Å². The van der Waals surface area contributed by atoms with E-state index < -0.39 is 11.8 Å². The first-order valence-corrected chi connectivity index (χ1v) is 11.3. The van der Waals surface area contributed by atoms with Crippen molar-refractivity contribution in [3.8, 4) is 5.75 Å². The van der Waals surface area contributed by atoms with Crippen molar-refractivity contribution in [1.82, 2.24) is 15.8 Å². The lowest BCUT2D eigenvalue weighted by Crippen LogP contribution is -2.41. The lowest BCUT2D eigenvalue weighted by atomic mass is 10.1. The van der Waals surface area contributed by atoms with Crippen molar-refractivity contribution in [1.29, 1.82) is 0 Å². The van der Waals surface area contributed by atoms with Crippen molar-refractivity contribution in [3.05, 3.63) is 65.2 Å². The molecule has 1 aliphatic heterocycles. The third-order valence-corrected chi connectivity index (χ3v) is 5.43. The Morgan fingerprint density at radius 2 is 1.53 bits per heavy atom. The van der Waals surface area contributed by atoms with Gasteiger partial charge >= 0.3 is 0 Å². The van der Waals surface area contributed by atoms with Gasteiger partial charge in [0.05, 0.1) is 6.61 Å². The molecule has 2 N–H and O–H groups in total. The average molecular weight is 438 g/mol. The fraction of sp³-hybridized carbons (Fsp3) is 0.400. The first-order chi connectivity index (χ1) is 15.6. The molecule has 1 saturated heterocycles. The molecule has 0 unspecified atom stereocenters. The number of unbranched alkanes of at least 4 members (excludes halogenated alkanes) is 3. The van der Waals surface area contributed by atoms with E-state index in [1.807, 2.05) is 17.0 Å². The van der Waals surface area contributed by atoms with Crippen LogP contribution in [0.4, 0.5) is 0 Å². The summed E-state index contributed by atoms with van der Waals surface area (Å²) in [5.74, 6) is 0.0742. The molecule has 170 valence electrons. The molecule has 0 aromatic heterocycles. The number of benzene rings is 2. The maximum Gasteiger partial charge on any atom is 0.269 e. The molecule has 0 spiro atoms. The van der Waals surface area contributed by atoms with E-state index in [1.54, 1.807) is 36.4 Å². The van der Waals surface area contributed by atoms with Gasteiger partial charge in [0, 0.05) is 30.6 Å². The van der Waals surface area contributed by atoms with Gasteiger partial charge in [-0.2, -0.15) is 0 Å². The van der Waals surface area contributed by atoms with Gasteiger partial charge in [-0.15, -0.1) is 0 Å². The Morgan fingerprint density at radius 3 is 2.09 bits per heavy atom. The summed E-state index contributed by atoms with van der Waals surface area (Å²) in [6.07, 6.45) is 6.06. The number of ether oxygens (including phenoxy) is 1. The largest absolute Gasteiger partial charge is 0.494 e. The Labute approximate surface area is 189 Å². The average Bonchev–Trinajstić information content (AvgIpc) is 3.22. The van der Waals surface area contributed by atoms with E-state index in [-0.39, 0.29) is 5.91 Å². The quantitative estimate of drug-likeness (QED) is 0.437. The Hall–Kier alpha value is -3.35. The minimum Gasteiger partial charge on any atom is -0.494 e. The van der Waals surface area contributed by atoms with Crippen LogP contribution in [-0.4, -0.2) is 35.8 Å². The third kappa shape index (κ3) is 6.83. The number of rotatable bonds is 10. The summed E-state index contributed by atoms with van der Waals surface area (Å²) in [7, 11) is 0. The minimum absolute atomic E-state index is 0.168. The molecule has 0 radical (unpaired) electrons. The van der Waals surface area contributed by atoms with E-state index in [4.69, 9.17) is 4.74 Å². The fourth-order valence-corrected chi connectivity index (χ4v) is 3.53. The van der Waals surface area contributed by atoms with Crippen molar-refractivity contribution >= 4 is 17.7 Å². The lowest BCUT2D eigenvalue weighted by molar-refractivity contribution is -0.128. The van der Waals surface area contributed by atoms with Gasteiger partial charge in [-0.25, -0.2) is 0 Å². The molecule has 7 nitrogen and oxygen atoms in total. The molecule has 0 atom stereocenters. The zero-order valence-corrected chi connectivity index (χ0v) is 18.6. The van der Waals surface area contributed by atoms with Crippen molar-refractivity contribution in [2.75, 3.05) is 13.2 Å². The summed E-state index contributed by atoms with van der Waals surface area (Å²) in [6.45, 7) is 4.16. The summed E-state index contributed by atoms with van der Waals surface area (Å²) in [5.41, 5.74) is 6.68. The number of hydrazine groups is 1. The number of hydrogen-bond donors (Lipinski definition) is 2. The van der Waals surface area contributed by atoms with Crippen molar-refractivity contribution in [3.63, 3.8) is 0 Å². The van der Waals surface area contributed by atoms with Crippen molar-refractivity contribution < 1.29 is 19.1 Å². The molecule has 2 aromatic rings. The Kier molecular flexibility index (Phi) is 8.66. The number of carbonyl (C=O) groups is 3. The smallest absolute Gasteiger partial charge is 0.269 e. The summed E-state index contributed by atoms with van der Waals surface area (Å²) in [5, 5.41) is 0. The Morgan fingerprint density at radius 1 is 0.906 bits per heavy atom. The molecule has 0 saturated carbocycles. The first kappa shape index (κ1) is 23.3. The molecule has 1 fully saturated rings. The van der Waals surface area contributed by atoms with Crippen LogP contribution >= 0.6 is 0 Å². The predicted octanol–water partition coefficient (Wildman–Crippen LogP) is 3.84. The van der Waals surface area contributed by atoms with Gasteiger partial charge in [-0.1, -0.05) is 38.3 Å². The monoisotopic (exact) mass is 437 g/mol. The van der Waals surface area contributed by atoms with Crippen molar-refractivity contribution in [2.24, 2.45) is 0 Å². The Bertz CT molecular complexity index is 910. The SMILES string of the molecule is CCCCCCOc1ccc(C(=O)NNC(=O)c2ccc(CN3CCCC3=O)cc2)cc1. The number of likely N-dealkylation sites (tertiary alicyclic amines) is 1. The number of carbonyl (C=O) groups excluding carboxylic acids is 3. The van der Waals surface area contributed by atoms with Gasteiger partial charge in [0.1, 0.15) is 5.75 Å². The summed E-state index contributed by atoms with van der Waals surface area (Å²) in [6, 6.07) is 13.8. The highest BCUT2D eigenvalue weighted by Gasteiger charge is 2.20. The number of nitrogens with zero attached hydrogens (tertiary/aromatic N) is 1. The normalized spacial score (nSPS) is 13.2. The zero-order chi connectivity index (χ0) is 22.8. The van der Waals surface area contributed by atoms with Crippen LogP contribution in [0.3, 0.4) is 0 Å².